The number of carbonyl (C=O) groups excluding carboxylic acids is 1. The van der Waals surface area contributed by atoms with E-state index in [1.165, 1.54) is 25.9 Å². The highest BCUT2D eigenvalue weighted by Gasteiger charge is 2.15. The Hall–Kier alpha value is -0.610. The van der Waals surface area contributed by atoms with Gasteiger partial charge in [0.05, 0.1) is 0 Å². The van der Waals surface area contributed by atoms with Crippen LogP contribution >= 0.6 is 0 Å². The van der Waals surface area contributed by atoms with Crippen LogP contribution in [0.2, 0.25) is 0 Å². The molecule has 1 amide bonds. The summed E-state index contributed by atoms with van der Waals surface area (Å²) in [6.45, 7) is 10.4. The molecule has 0 spiro atoms. The van der Waals surface area contributed by atoms with E-state index in [4.69, 9.17) is 0 Å². The summed E-state index contributed by atoms with van der Waals surface area (Å²) in [6.07, 6.45) is 3.18. The van der Waals surface area contributed by atoms with Gasteiger partial charge in [-0.2, -0.15) is 0 Å². The van der Waals surface area contributed by atoms with Gasteiger partial charge in [0.2, 0.25) is 5.91 Å². The fourth-order valence-corrected chi connectivity index (χ4v) is 2.22. The molecule has 0 aromatic rings. The molecule has 1 atom stereocenters. The van der Waals surface area contributed by atoms with Crippen molar-refractivity contribution in [3.63, 3.8) is 0 Å². The van der Waals surface area contributed by atoms with Crippen molar-refractivity contribution in [1.29, 1.82) is 0 Å². The van der Waals surface area contributed by atoms with E-state index in [2.05, 4.69) is 36.3 Å². The fraction of sp³-hybridized carbons (Fsp3) is 0.923. The zero-order valence-corrected chi connectivity index (χ0v) is 11.5. The molecule has 1 aliphatic rings. The zero-order valence-electron chi connectivity index (χ0n) is 11.5. The summed E-state index contributed by atoms with van der Waals surface area (Å²) in [5.41, 5.74) is 0. The standard InChI is InChI=1S/C13H27N3O/c1-11(2)14-7-6-13(17)15-12(3)10-16-8-4-5-9-16/h11-12,14H,4-10H2,1-3H3,(H,15,17). The smallest absolute Gasteiger partial charge is 0.221 e. The van der Waals surface area contributed by atoms with Gasteiger partial charge in [-0.1, -0.05) is 13.8 Å². The minimum Gasteiger partial charge on any atom is -0.352 e. The average Bonchev–Trinajstić information content (AvgIpc) is 2.69. The molecule has 0 radical (unpaired) electrons. The molecule has 1 fully saturated rings. The lowest BCUT2D eigenvalue weighted by Gasteiger charge is -2.21. The maximum absolute atomic E-state index is 11.6. The summed E-state index contributed by atoms with van der Waals surface area (Å²) in [5.74, 6) is 0.157. The Kier molecular flexibility index (Phi) is 6.52. The van der Waals surface area contributed by atoms with Crippen molar-refractivity contribution in [2.45, 2.75) is 52.1 Å². The Balaban J connectivity index is 2.07. The van der Waals surface area contributed by atoms with E-state index < -0.39 is 0 Å². The largest absolute Gasteiger partial charge is 0.352 e. The summed E-state index contributed by atoms with van der Waals surface area (Å²) in [7, 11) is 0. The summed E-state index contributed by atoms with van der Waals surface area (Å²) >= 11 is 0. The van der Waals surface area contributed by atoms with Crippen molar-refractivity contribution in [3.05, 3.63) is 0 Å². The molecule has 4 heteroatoms. The zero-order chi connectivity index (χ0) is 12.7. The van der Waals surface area contributed by atoms with Crippen LogP contribution in [-0.2, 0) is 4.79 Å². The SMILES string of the molecule is CC(C)NCCC(=O)NC(C)CN1CCCC1. The Bertz CT molecular complexity index is 225. The first-order valence-electron chi connectivity index (χ1n) is 6.83. The fourth-order valence-electron chi connectivity index (χ4n) is 2.22. The first-order chi connectivity index (χ1) is 8.08. The van der Waals surface area contributed by atoms with Crippen molar-refractivity contribution in [3.8, 4) is 0 Å². The highest BCUT2D eigenvalue weighted by Crippen LogP contribution is 2.07. The number of amides is 1. The molecule has 4 nitrogen and oxygen atoms in total. The van der Waals surface area contributed by atoms with Gasteiger partial charge < -0.3 is 15.5 Å². The maximum Gasteiger partial charge on any atom is 0.221 e. The molecule has 1 unspecified atom stereocenters. The van der Waals surface area contributed by atoms with E-state index >= 15 is 0 Å². The van der Waals surface area contributed by atoms with Gasteiger partial charge >= 0.3 is 0 Å². The van der Waals surface area contributed by atoms with Crippen LogP contribution in [0, 0.1) is 0 Å². The molecule has 1 saturated heterocycles. The first-order valence-corrected chi connectivity index (χ1v) is 6.83. The number of hydrogen-bond donors (Lipinski definition) is 2. The van der Waals surface area contributed by atoms with Gasteiger partial charge in [0.15, 0.2) is 0 Å². The van der Waals surface area contributed by atoms with Gasteiger partial charge in [0.25, 0.3) is 0 Å². The Morgan fingerprint density at radius 1 is 1.24 bits per heavy atom. The number of carbonyl (C=O) groups is 1. The predicted octanol–water partition coefficient (Wildman–Crippen LogP) is 0.975. The minimum atomic E-state index is 0.157. The van der Waals surface area contributed by atoms with E-state index in [1.807, 2.05) is 0 Å². The molecule has 0 aromatic carbocycles. The van der Waals surface area contributed by atoms with Gasteiger partial charge in [-0.05, 0) is 32.9 Å². The average molecular weight is 241 g/mol. The van der Waals surface area contributed by atoms with Crippen molar-refractivity contribution in [1.82, 2.24) is 15.5 Å². The van der Waals surface area contributed by atoms with Crippen molar-refractivity contribution in [2.75, 3.05) is 26.2 Å². The third kappa shape index (κ3) is 6.64. The molecule has 1 heterocycles. The van der Waals surface area contributed by atoms with Gasteiger partial charge in [0, 0.05) is 31.6 Å². The number of rotatable bonds is 7. The lowest BCUT2D eigenvalue weighted by molar-refractivity contribution is -0.121. The second-order valence-corrected chi connectivity index (χ2v) is 5.34. The van der Waals surface area contributed by atoms with E-state index in [0.29, 0.717) is 12.5 Å². The summed E-state index contributed by atoms with van der Waals surface area (Å²) in [6, 6.07) is 0.712. The normalized spacial score (nSPS) is 18.6. The lowest BCUT2D eigenvalue weighted by atomic mass is 10.3. The third-order valence-electron chi connectivity index (χ3n) is 3.04. The molecule has 0 bridgehead atoms. The number of nitrogens with zero attached hydrogens (tertiary/aromatic N) is 1. The summed E-state index contributed by atoms with van der Waals surface area (Å²) in [4.78, 5) is 14.1. The quantitative estimate of drug-likeness (QED) is 0.698. The molecule has 2 N–H and O–H groups in total. The summed E-state index contributed by atoms with van der Waals surface area (Å²) in [5, 5.41) is 6.31. The van der Waals surface area contributed by atoms with Crippen LogP contribution < -0.4 is 10.6 Å². The second-order valence-electron chi connectivity index (χ2n) is 5.34. The molecule has 1 aliphatic heterocycles. The van der Waals surface area contributed by atoms with E-state index in [9.17, 15) is 4.79 Å². The Morgan fingerprint density at radius 3 is 2.47 bits per heavy atom. The number of hydrogen-bond acceptors (Lipinski definition) is 3. The van der Waals surface area contributed by atoms with Crippen molar-refractivity contribution >= 4 is 5.91 Å². The van der Waals surface area contributed by atoms with E-state index in [1.54, 1.807) is 0 Å². The first kappa shape index (κ1) is 14.5. The molecule has 0 saturated carbocycles. The van der Waals surface area contributed by atoms with E-state index in [0.717, 1.165) is 13.1 Å². The van der Waals surface area contributed by atoms with E-state index in [-0.39, 0.29) is 11.9 Å². The topological polar surface area (TPSA) is 44.4 Å². The third-order valence-corrected chi connectivity index (χ3v) is 3.04. The van der Waals surface area contributed by atoms with Gasteiger partial charge in [0.1, 0.15) is 0 Å². The Morgan fingerprint density at radius 2 is 1.88 bits per heavy atom. The van der Waals surface area contributed by atoms with Gasteiger partial charge in [-0.15, -0.1) is 0 Å². The van der Waals surface area contributed by atoms with Gasteiger partial charge in [-0.25, -0.2) is 0 Å². The Labute approximate surface area is 105 Å². The van der Waals surface area contributed by atoms with Crippen molar-refractivity contribution < 1.29 is 4.79 Å². The summed E-state index contributed by atoms with van der Waals surface area (Å²) < 4.78 is 0. The van der Waals surface area contributed by atoms with Crippen molar-refractivity contribution in [2.24, 2.45) is 0 Å². The highest BCUT2D eigenvalue weighted by atomic mass is 16.1. The molecular weight excluding hydrogens is 214 g/mol. The lowest BCUT2D eigenvalue weighted by Crippen LogP contribution is -2.42. The predicted molar refractivity (Wildman–Crippen MR) is 71.0 cm³/mol. The highest BCUT2D eigenvalue weighted by molar-refractivity contribution is 5.76. The second kappa shape index (κ2) is 7.67. The van der Waals surface area contributed by atoms with Crippen LogP contribution in [0.4, 0.5) is 0 Å². The van der Waals surface area contributed by atoms with Crippen LogP contribution in [0.3, 0.4) is 0 Å². The maximum atomic E-state index is 11.6. The molecule has 1 rings (SSSR count). The van der Waals surface area contributed by atoms with Crippen LogP contribution in [0.25, 0.3) is 0 Å². The number of likely N-dealkylation sites (tertiary alicyclic amines) is 1. The molecule has 100 valence electrons. The van der Waals surface area contributed by atoms with Crippen LogP contribution in [-0.4, -0.2) is 49.1 Å². The molecule has 17 heavy (non-hydrogen) atoms. The van der Waals surface area contributed by atoms with Crippen LogP contribution in [0.5, 0.6) is 0 Å². The van der Waals surface area contributed by atoms with Gasteiger partial charge in [-0.3, -0.25) is 4.79 Å². The molecule has 0 aromatic heterocycles. The van der Waals surface area contributed by atoms with Crippen LogP contribution in [0.1, 0.15) is 40.0 Å². The monoisotopic (exact) mass is 241 g/mol. The van der Waals surface area contributed by atoms with Crippen LogP contribution in [0.15, 0.2) is 0 Å². The number of nitrogens with one attached hydrogen (secondary N) is 2. The molecule has 0 aliphatic carbocycles. The molecular formula is C13H27N3O. The minimum absolute atomic E-state index is 0.157.